The lowest BCUT2D eigenvalue weighted by atomic mass is 10.2. The number of aromatic nitrogens is 2. The van der Waals surface area contributed by atoms with E-state index in [1.54, 1.807) is 11.3 Å². The molecule has 0 bridgehead atoms. The molecule has 0 aliphatic rings. The summed E-state index contributed by atoms with van der Waals surface area (Å²) in [5, 5.41) is 13.2. The van der Waals surface area contributed by atoms with Gasteiger partial charge in [0, 0.05) is 18.8 Å². The third kappa shape index (κ3) is 3.92. The Labute approximate surface area is 106 Å². The average molecular weight is 260 g/mol. The van der Waals surface area contributed by atoms with Crippen molar-refractivity contribution in [1.82, 2.24) is 15.1 Å². The van der Waals surface area contributed by atoms with E-state index in [9.17, 15) is 0 Å². The van der Waals surface area contributed by atoms with E-state index in [-0.39, 0.29) is 0 Å². The van der Waals surface area contributed by atoms with Gasteiger partial charge in [-0.15, -0.1) is 10.2 Å². The van der Waals surface area contributed by atoms with Crippen molar-refractivity contribution in [2.75, 3.05) is 31.4 Å². The van der Waals surface area contributed by atoms with Crippen LogP contribution in [0.1, 0.15) is 18.4 Å². The predicted molar refractivity (Wildman–Crippen MR) is 73.4 cm³/mol. The van der Waals surface area contributed by atoms with Crippen LogP contribution in [0, 0.1) is 0 Å². The number of nitrogens with zero attached hydrogens (tertiary/aromatic N) is 3. The van der Waals surface area contributed by atoms with Crippen LogP contribution >= 0.6 is 23.1 Å². The van der Waals surface area contributed by atoms with E-state index in [1.807, 2.05) is 18.8 Å². The van der Waals surface area contributed by atoms with Gasteiger partial charge in [0.15, 0.2) is 0 Å². The molecule has 1 rings (SSSR count). The standard InChI is InChI=1S/C10H20N4S2/c1-5-8(7-15-4)14(3)6-9-12-13-10(11-2)16-9/h8H,5-7H2,1-4H3,(H,11,13). The quantitative estimate of drug-likeness (QED) is 0.813. The summed E-state index contributed by atoms with van der Waals surface area (Å²) in [5.41, 5.74) is 0. The molecule has 0 aromatic carbocycles. The van der Waals surface area contributed by atoms with E-state index in [2.05, 4.69) is 40.6 Å². The fourth-order valence-corrected chi connectivity index (χ4v) is 3.14. The molecule has 0 aliphatic heterocycles. The van der Waals surface area contributed by atoms with Crippen LogP contribution in [0.15, 0.2) is 0 Å². The Hall–Kier alpha value is -0.330. The summed E-state index contributed by atoms with van der Waals surface area (Å²) in [4.78, 5) is 2.36. The molecule has 92 valence electrons. The number of hydrogen-bond acceptors (Lipinski definition) is 6. The van der Waals surface area contributed by atoms with E-state index >= 15 is 0 Å². The average Bonchev–Trinajstić information content (AvgIpc) is 2.73. The molecule has 6 heteroatoms. The smallest absolute Gasteiger partial charge is 0.205 e. The second-order valence-corrected chi connectivity index (χ2v) is 5.66. The molecule has 0 spiro atoms. The molecule has 0 fully saturated rings. The highest BCUT2D eigenvalue weighted by atomic mass is 32.2. The lowest BCUT2D eigenvalue weighted by Gasteiger charge is -2.25. The lowest BCUT2D eigenvalue weighted by Crippen LogP contribution is -2.32. The largest absolute Gasteiger partial charge is 0.363 e. The number of thioether (sulfide) groups is 1. The van der Waals surface area contributed by atoms with Crippen molar-refractivity contribution in [2.45, 2.75) is 25.9 Å². The molecule has 0 saturated heterocycles. The SMILES string of the molecule is CCC(CSC)N(C)Cc1nnc(NC)s1. The molecule has 1 atom stereocenters. The first-order chi connectivity index (χ1) is 7.71. The number of rotatable bonds is 7. The zero-order valence-electron chi connectivity index (χ0n) is 10.4. The second-order valence-electron chi connectivity index (χ2n) is 3.68. The topological polar surface area (TPSA) is 41.1 Å². The van der Waals surface area contributed by atoms with Crippen molar-refractivity contribution in [3.8, 4) is 0 Å². The minimum atomic E-state index is 0.622. The fourth-order valence-electron chi connectivity index (χ4n) is 1.51. The molecule has 0 radical (unpaired) electrons. The first-order valence-electron chi connectivity index (χ1n) is 5.40. The zero-order valence-corrected chi connectivity index (χ0v) is 12.0. The molecule has 16 heavy (non-hydrogen) atoms. The monoisotopic (exact) mass is 260 g/mol. The van der Waals surface area contributed by atoms with Crippen LogP contribution in [0.5, 0.6) is 0 Å². The van der Waals surface area contributed by atoms with Gasteiger partial charge >= 0.3 is 0 Å². The maximum atomic E-state index is 4.16. The Balaban J connectivity index is 2.51. The first-order valence-corrected chi connectivity index (χ1v) is 7.61. The van der Waals surface area contributed by atoms with Gasteiger partial charge < -0.3 is 5.32 Å². The Bertz CT molecular complexity index is 303. The van der Waals surface area contributed by atoms with E-state index in [0.717, 1.165) is 16.7 Å². The van der Waals surface area contributed by atoms with Crippen molar-refractivity contribution in [1.29, 1.82) is 0 Å². The molecule has 0 saturated carbocycles. The first kappa shape index (κ1) is 13.7. The van der Waals surface area contributed by atoms with E-state index in [1.165, 1.54) is 12.2 Å². The van der Waals surface area contributed by atoms with Gasteiger partial charge in [-0.25, -0.2) is 0 Å². The van der Waals surface area contributed by atoms with Gasteiger partial charge in [0.1, 0.15) is 5.01 Å². The van der Waals surface area contributed by atoms with E-state index in [0.29, 0.717) is 6.04 Å². The molecule has 1 unspecified atom stereocenters. The molecule has 0 aliphatic carbocycles. The summed E-state index contributed by atoms with van der Waals surface area (Å²) in [6, 6.07) is 0.622. The molecular formula is C10H20N4S2. The van der Waals surface area contributed by atoms with Crippen molar-refractivity contribution in [2.24, 2.45) is 0 Å². The van der Waals surface area contributed by atoms with E-state index in [4.69, 9.17) is 0 Å². The summed E-state index contributed by atoms with van der Waals surface area (Å²) in [5.74, 6) is 1.17. The lowest BCUT2D eigenvalue weighted by molar-refractivity contribution is 0.247. The molecule has 4 nitrogen and oxygen atoms in total. The maximum absolute atomic E-state index is 4.16. The third-order valence-corrected chi connectivity index (χ3v) is 4.16. The molecule has 1 aromatic heterocycles. The predicted octanol–water partition coefficient (Wildman–Crippen LogP) is 2.15. The number of hydrogen-bond donors (Lipinski definition) is 1. The van der Waals surface area contributed by atoms with Crippen LogP contribution in [0.25, 0.3) is 0 Å². The highest BCUT2D eigenvalue weighted by molar-refractivity contribution is 7.98. The van der Waals surface area contributed by atoms with Crippen molar-refractivity contribution in [3.05, 3.63) is 5.01 Å². The minimum Gasteiger partial charge on any atom is -0.363 e. The Morgan fingerprint density at radius 1 is 1.50 bits per heavy atom. The second kappa shape index (κ2) is 7.09. The highest BCUT2D eigenvalue weighted by Crippen LogP contribution is 2.18. The van der Waals surface area contributed by atoms with Crippen LogP contribution in [-0.4, -0.2) is 47.2 Å². The number of nitrogens with one attached hydrogen (secondary N) is 1. The van der Waals surface area contributed by atoms with Gasteiger partial charge in [0.05, 0.1) is 6.54 Å². The minimum absolute atomic E-state index is 0.622. The Morgan fingerprint density at radius 2 is 2.25 bits per heavy atom. The molecule has 1 heterocycles. The summed E-state index contributed by atoms with van der Waals surface area (Å²) < 4.78 is 0. The van der Waals surface area contributed by atoms with Gasteiger partial charge in [-0.3, -0.25) is 4.90 Å². The van der Waals surface area contributed by atoms with E-state index < -0.39 is 0 Å². The van der Waals surface area contributed by atoms with Gasteiger partial charge in [-0.05, 0) is 19.7 Å². The maximum Gasteiger partial charge on any atom is 0.205 e. The van der Waals surface area contributed by atoms with Crippen LogP contribution < -0.4 is 5.32 Å². The van der Waals surface area contributed by atoms with Crippen molar-refractivity contribution in [3.63, 3.8) is 0 Å². The molecule has 1 N–H and O–H groups in total. The van der Waals surface area contributed by atoms with Crippen LogP contribution in [0.3, 0.4) is 0 Å². The zero-order chi connectivity index (χ0) is 12.0. The molecule has 1 aromatic rings. The highest BCUT2D eigenvalue weighted by Gasteiger charge is 2.14. The summed E-state index contributed by atoms with van der Waals surface area (Å²) >= 11 is 3.52. The number of anilines is 1. The normalized spacial score (nSPS) is 13.1. The van der Waals surface area contributed by atoms with Gasteiger partial charge in [0.25, 0.3) is 0 Å². The fraction of sp³-hybridized carbons (Fsp3) is 0.800. The Morgan fingerprint density at radius 3 is 2.75 bits per heavy atom. The van der Waals surface area contributed by atoms with Crippen LogP contribution in [0.2, 0.25) is 0 Å². The van der Waals surface area contributed by atoms with Crippen molar-refractivity contribution >= 4 is 28.2 Å². The van der Waals surface area contributed by atoms with Crippen molar-refractivity contribution < 1.29 is 0 Å². The van der Waals surface area contributed by atoms with Gasteiger partial charge in [0.2, 0.25) is 5.13 Å². The van der Waals surface area contributed by atoms with Gasteiger partial charge in [-0.2, -0.15) is 11.8 Å². The Kier molecular flexibility index (Phi) is 6.08. The van der Waals surface area contributed by atoms with Crippen LogP contribution in [0.4, 0.5) is 5.13 Å². The van der Waals surface area contributed by atoms with Gasteiger partial charge in [-0.1, -0.05) is 18.3 Å². The molecular weight excluding hydrogens is 240 g/mol. The molecule has 0 amide bonds. The summed E-state index contributed by atoms with van der Waals surface area (Å²) in [7, 11) is 4.03. The summed E-state index contributed by atoms with van der Waals surface area (Å²) in [6.45, 7) is 3.12. The van der Waals surface area contributed by atoms with Crippen LogP contribution in [-0.2, 0) is 6.54 Å². The summed E-state index contributed by atoms with van der Waals surface area (Å²) in [6.07, 6.45) is 3.33. The third-order valence-electron chi connectivity index (χ3n) is 2.52.